The van der Waals surface area contributed by atoms with Crippen molar-refractivity contribution < 1.29 is 15.0 Å². The molecule has 0 radical (unpaired) electrons. The van der Waals surface area contributed by atoms with Crippen LogP contribution in [-0.2, 0) is 10.4 Å². The van der Waals surface area contributed by atoms with Gasteiger partial charge in [-0.2, -0.15) is 0 Å². The number of carboxylic acids is 1. The van der Waals surface area contributed by atoms with Gasteiger partial charge in [0.2, 0.25) is 0 Å². The van der Waals surface area contributed by atoms with Gasteiger partial charge in [0.25, 0.3) is 0 Å². The maximum Gasteiger partial charge on any atom is 0.340 e. The summed E-state index contributed by atoms with van der Waals surface area (Å²) in [5.74, 6) is -1.26. The average molecular weight is 321 g/mol. The van der Waals surface area contributed by atoms with Crippen molar-refractivity contribution in [1.82, 2.24) is 0 Å². The predicted molar refractivity (Wildman–Crippen MR) is 76.8 cm³/mol. The standard InChI is InChI=1S/C15H13BrO3/c1-15(19,14(17)18)12-6-2-10(3-7-12)11-4-8-13(16)9-5-11/h2-9,19H,1H3,(H,17,18). The summed E-state index contributed by atoms with van der Waals surface area (Å²) in [4.78, 5) is 11.0. The van der Waals surface area contributed by atoms with Gasteiger partial charge in [0.05, 0.1) is 0 Å². The molecule has 2 aromatic rings. The van der Waals surface area contributed by atoms with E-state index < -0.39 is 11.6 Å². The topological polar surface area (TPSA) is 57.5 Å². The van der Waals surface area contributed by atoms with Crippen LogP contribution in [0.5, 0.6) is 0 Å². The maximum absolute atomic E-state index is 11.0. The summed E-state index contributed by atoms with van der Waals surface area (Å²) in [5.41, 5.74) is 0.501. The highest BCUT2D eigenvalue weighted by Crippen LogP contribution is 2.26. The van der Waals surface area contributed by atoms with Crippen LogP contribution in [0.15, 0.2) is 53.0 Å². The third-order valence-corrected chi connectivity index (χ3v) is 3.57. The van der Waals surface area contributed by atoms with Crippen molar-refractivity contribution in [2.45, 2.75) is 12.5 Å². The zero-order chi connectivity index (χ0) is 14.0. The first-order valence-electron chi connectivity index (χ1n) is 5.73. The van der Waals surface area contributed by atoms with Gasteiger partial charge >= 0.3 is 5.97 Å². The van der Waals surface area contributed by atoms with Crippen LogP contribution in [0.2, 0.25) is 0 Å². The van der Waals surface area contributed by atoms with E-state index in [2.05, 4.69) is 15.9 Å². The Morgan fingerprint density at radius 1 is 1.00 bits per heavy atom. The van der Waals surface area contributed by atoms with Crippen LogP contribution in [0.1, 0.15) is 12.5 Å². The van der Waals surface area contributed by atoms with Gasteiger partial charge < -0.3 is 10.2 Å². The Balaban J connectivity index is 2.33. The van der Waals surface area contributed by atoms with Crippen molar-refractivity contribution >= 4 is 21.9 Å². The number of carbonyl (C=O) groups is 1. The van der Waals surface area contributed by atoms with Crippen LogP contribution in [0.25, 0.3) is 11.1 Å². The molecule has 1 unspecified atom stereocenters. The number of benzene rings is 2. The summed E-state index contributed by atoms with van der Waals surface area (Å²) < 4.78 is 1.00. The van der Waals surface area contributed by atoms with Crippen LogP contribution < -0.4 is 0 Å². The van der Waals surface area contributed by atoms with Crippen LogP contribution in [0, 0.1) is 0 Å². The van der Waals surface area contributed by atoms with Gasteiger partial charge in [0.1, 0.15) is 0 Å². The van der Waals surface area contributed by atoms with E-state index in [1.165, 1.54) is 6.92 Å². The first-order valence-corrected chi connectivity index (χ1v) is 6.53. The SMILES string of the molecule is CC(O)(C(=O)O)c1ccc(-c2ccc(Br)cc2)cc1. The second-order valence-corrected chi connectivity index (χ2v) is 5.38. The summed E-state index contributed by atoms with van der Waals surface area (Å²) in [6, 6.07) is 14.7. The minimum Gasteiger partial charge on any atom is -0.479 e. The molecule has 0 aliphatic carbocycles. The predicted octanol–water partition coefficient (Wildman–Crippen LogP) is 3.41. The fraction of sp³-hybridized carbons (Fsp3) is 0.133. The molecule has 0 bridgehead atoms. The lowest BCUT2D eigenvalue weighted by molar-refractivity contribution is -0.157. The number of aliphatic hydroxyl groups is 1. The molecular formula is C15H13BrO3. The molecule has 0 heterocycles. The Hall–Kier alpha value is -1.65. The van der Waals surface area contributed by atoms with Crippen LogP contribution in [-0.4, -0.2) is 16.2 Å². The molecule has 2 rings (SSSR count). The van der Waals surface area contributed by atoms with E-state index in [-0.39, 0.29) is 0 Å². The van der Waals surface area contributed by atoms with E-state index in [0.29, 0.717) is 5.56 Å². The summed E-state index contributed by atoms with van der Waals surface area (Å²) >= 11 is 3.37. The first-order chi connectivity index (χ1) is 8.91. The van der Waals surface area contributed by atoms with Gasteiger partial charge in [-0.05, 0) is 35.7 Å². The zero-order valence-corrected chi connectivity index (χ0v) is 11.9. The van der Waals surface area contributed by atoms with Crippen molar-refractivity contribution in [2.75, 3.05) is 0 Å². The molecule has 19 heavy (non-hydrogen) atoms. The zero-order valence-electron chi connectivity index (χ0n) is 10.3. The van der Waals surface area contributed by atoms with Gasteiger partial charge in [-0.15, -0.1) is 0 Å². The minimum atomic E-state index is -1.86. The summed E-state index contributed by atoms with van der Waals surface area (Å²) in [6.07, 6.45) is 0. The largest absolute Gasteiger partial charge is 0.479 e. The Morgan fingerprint density at radius 2 is 1.42 bits per heavy atom. The third kappa shape index (κ3) is 2.85. The molecule has 2 N–H and O–H groups in total. The second-order valence-electron chi connectivity index (χ2n) is 4.46. The van der Waals surface area contributed by atoms with Gasteiger partial charge in [0, 0.05) is 4.47 Å². The molecule has 3 nitrogen and oxygen atoms in total. The Labute approximate surface area is 119 Å². The van der Waals surface area contributed by atoms with Crippen molar-refractivity contribution in [1.29, 1.82) is 0 Å². The summed E-state index contributed by atoms with van der Waals surface area (Å²) in [7, 11) is 0. The van der Waals surface area contributed by atoms with Crippen LogP contribution in [0.4, 0.5) is 0 Å². The van der Waals surface area contributed by atoms with Gasteiger partial charge in [-0.3, -0.25) is 0 Å². The fourth-order valence-corrected chi connectivity index (χ4v) is 2.02. The quantitative estimate of drug-likeness (QED) is 0.911. The molecule has 0 aromatic heterocycles. The molecule has 2 aromatic carbocycles. The summed E-state index contributed by atoms with van der Waals surface area (Å²) in [6.45, 7) is 1.27. The second kappa shape index (κ2) is 5.15. The van der Waals surface area contributed by atoms with Crippen molar-refractivity contribution in [2.24, 2.45) is 0 Å². The fourth-order valence-electron chi connectivity index (χ4n) is 1.75. The molecular weight excluding hydrogens is 308 g/mol. The molecule has 0 saturated carbocycles. The lowest BCUT2D eigenvalue weighted by Gasteiger charge is -2.18. The van der Waals surface area contributed by atoms with Crippen LogP contribution in [0.3, 0.4) is 0 Å². The molecule has 0 saturated heterocycles. The Kier molecular flexibility index (Phi) is 3.73. The number of aliphatic carboxylic acids is 1. The highest BCUT2D eigenvalue weighted by Gasteiger charge is 2.31. The van der Waals surface area contributed by atoms with E-state index in [1.807, 2.05) is 24.3 Å². The minimum absolute atomic E-state index is 0.362. The lowest BCUT2D eigenvalue weighted by atomic mass is 9.94. The number of halogens is 1. The molecule has 0 aliphatic rings. The van der Waals surface area contributed by atoms with E-state index in [1.54, 1.807) is 24.3 Å². The van der Waals surface area contributed by atoms with Crippen LogP contribution >= 0.6 is 15.9 Å². The van der Waals surface area contributed by atoms with E-state index >= 15 is 0 Å². The first kappa shape index (κ1) is 13.8. The third-order valence-electron chi connectivity index (χ3n) is 3.04. The normalized spacial score (nSPS) is 13.8. The Morgan fingerprint density at radius 3 is 1.84 bits per heavy atom. The van der Waals surface area contributed by atoms with E-state index in [9.17, 15) is 9.90 Å². The number of carboxylic acid groups (broad SMARTS) is 1. The van der Waals surface area contributed by atoms with Gasteiger partial charge in [-0.1, -0.05) is 52.3 Å². The van der Waals surface area contributed by atoms with Gasteiger partial charge in [-0.25, -0.2) is 4.79 Å². The maximum atomic E-state index is 11.0. The van der Waals surface area contributed by atoms with E-state index in [4.69, 9.17) is 5.11 Å². The monoisotopic (exact) mass is 320 g/mol. The van der Waals surface area contributed by atoms with Gasteiger partial charge in [0.15, 0.2) is 5.60 Å². The highest BCUT2D eigenvalue weighted by atomic mass is 79.9. The molecule has 0 fully saturated rings. The van der Waals surface area contributed by atoms with Crippen molar-refractivity contribution in [3.05, 3.63) is 58.6 Å². The molecule has 0 aliphatic heterocycles. The number of hydrogen-bond acceptors (Lipinski definition) is 2. The number of hydrogen-bond donors (Lipinski definition) is 2. The molecule has 98 valence electrons. The average Bonchev–Trinajstić information content (AvgIpc) is 2.39. The molecule has 0 spiro atoms. The molecule has 0 amide bonds. The smallest absolute Gasteiger partial charge is 0.340 e. The summed E-state index contributed by atoms with van der Waals surface area (Å²) in [5, 5.41) is 18.8. The lowest BCUT2D eigenvalue weighted by Crippen LogP contribution is -2.31. The molecule has 4 heteroatoms. The van der Waals surface area contributed by atoms with E-state index in [0.717, 1.165) is 15.6 Å². The van der Waals surface area contributed by atoms with Crippen molar-refractivity contribution in [3.8, 4) is 11.1 Å². The number of rotatable bonds is 3. The van der Waals surface area contributed by atoms with Crippen molar-refractivity contribution in [3.63, 3.8) is 0 Å². The Bertz CT molecular complexity index is 586. The molecule has 1 atom stereocenters. The highest BCUT2D eigenvalue weighted by molar-refractivity contribution is 9.10.